The molecule has 5 nitrogen and oxygen atoms in total. The van der Waals surface area contributed by atoms with E-state index >= 15 is 0 Å². The van der Waals surface area contributed by atoms with Crippen molar-refractivity contribution in [3.05, 3.63) is 23.8 Å². The van der Waals surface area contributed by atoms with Crippen LogP contribution < -0.4 is 10.6 Å². The first-order valence-corrected chi connectivity index (χ1v) is 7.96. The minimum Gasteiger partial charge on any atom is -0.399 e. The number of hydrogen-bond donors (Lipinski definition) is 1. The van der Waals surface area contributed by atoms with Crippen molar-refractivity contribution in [2.75, 3.05) is 37.9 Å². The van der Waals surface area contributed by atoms with Gasteiger partial charge in [-0.1, -0.05) is 6.92 Å². The van der Waals surface area contributed by atoms with Crippen molar-refractivity contribution in [1.82, 2.24) is 4.90 Å². The maximum atomic E-state index is 12.3. The SMILES string of the molecule is CCC(=O)N(Cc1cc(N)ccc1N(C)C)CC1CCCO1. The molecule has 1 aromatic carbocycles. The molecule has 1 aliphatic rings. The molecule has 22 heavy (non-hydrogen) atoms. The molecule has 1 amide bonds. The molecule has 1 saturated heterocycles. The van der Waals surface area contributed by atoms with Crippen LogP contribution in [-0.2, 0) is 16.1 Å². The van der Waals surface area contributed by atoms with E-state index in [1.807, 2.05) is 44.1 Å². The molecule has 1 aromatic rings. The summed E-state index contributed by atoms with van der Waals surface area (Å²) in [6.07, 6.45) is 2.79. The van der Waals surface area contributed by atoms with E-state index in [0.717, 1.165) is 36.4 Å². The Labute approximate surface area is 133 Å². The average molecular weight is 305 g/mol. The zero-order chi connectivity index (χ0) is 16.1. The van der Waals surface area contributed by atoms with Crippen LogP contribution in [0.3, 0.4) is 0 Å². The number of carbonyl (C=O) groups is 1. The Bertz CT molecular complexity index is 511. The normalized spacial score (nSPS) is 17.5. The number of rotatable bonds is 6. The van der Waals surface area contributed by atoms with Crippen molar-refractivity contribution < 1.29 is 9.53 Å². The monoisotopic (exact) mass is 305 g/mol. The molecule has 0 aliphatic carbocycles. The number of nitrogen functional groups attached to an aromatic ring is 1. The van der Waals surface area contributed by atoms with Gasteiger partial charge in [0.2, 0.25) is 5.91 Å². The Balaban J connectivity index is 2.18. The highest BCUT2D eigenvalue weighted by atomic mass is 16.5. The van der Waals surface area contributed by atoms with Crippen LogP contribution in [0, 0.1) is 0 Å². The Morgan fingerprint density at radius 3 is 2.77 bits per heavy atom. The molecule has 0 radical (unpaired) electrons. The molecule has 122 valence electrons. The van der Waals surface area contributed by atoms with E-state index in [1.165, 1.54) is 0 Å². The summed E-state index contributed by atoms with van der Waals surface area (Å²) >= 11 is 0. The predicted octanol–water partition coefficient (Wildman–Crippen LogP) is 2.25. The van der Waals surface area contributed by atoms with Crippen LogP contribution in [0.1, 0.15) is 31.7 Å². The number of benzene rings is 1. The van der Waals surface area contributed by atoms with Crippen molar-refractivity contribution in [3.63, 3.8) is 0 Å². The third-order valence-electron chi connectivity index (χ3n) is 4.05. The number of anilines is 2. The largest absolute Gasteiger partial charge is 0.399 e. The summed E-state index contributed by atoms with van der Waals surface area (Å²) in [5.41, 5.74) is 8.82. The van der Waals surface area contributed by atoms with Crippen molar-refractivity contribution in [1.29, 1.82) is 0 Å². The highest BCUT2D eigenvalue weighted by molar-refractivity contribution is 5.76. The quantitative estimate of drug-likeness (QED) is 0.819. The van der Waals surface area contributed by atoms with Gasteiger partial charge in [0.15, 0.2) is 0 Å². The van der Waals surface area contributed by atoms with E-state index in [2.05, 4.69) is 4.90 Å². The summed E-state index contributed by atoms with van der Waals surface area (Å²) in [5, 5.41) is 0. The lowest BCUT2D eigenvalue weighted by Gasteiger charge is -2.27. The number of hydrogen-bond acceptors (Lipinski definition) is 4. The maximum Gasteiger partial charge on any atom is 0.222 e. The van der Waals surface area contributed by atoms with Gasteiger partial charge in [0.1, 0.15) is 0 Å². The molecule has 5 heteroatoms. The van der Waals surface area contributed by atoms with E-state index in [4.69, 9.17) is 10.5 Å². The van der Waals surface area contributed by atoms with Crippen LogP contribution in [0.15, 0.2) is 18.2 Å². The lowest BCUT2D eigenvalue weighted by Crippen LogP contribution is -2.36. The second-order valence-corrected chi connectivity index (χ2v) is 6.05. The van der Waals surface area contributed by atoms with Crippen LogP contribution in [0.2, 0.25) is 0 Å². The summed E-state index contributed by atoms with van der Waals surface area (Å²) in [5.74, 6) is 0.155. The first-order valence-electron chi connectivity index (χ1n) is 7.96. The molecule has 1 aliphatic heterocycles. The molecule has 1 unspecified atom stereocenters. The Morgan fingerprint density at radius 1 is 1.41 bits per heavy atom. The zero-order valence-electron chi connectivity index (χ0n) is 13.8. The van der Waals surface area contributed by atoms with Gasteiger partial charge >= 0.3 is 0 Å². The summed E-state index contributed by atoms with van der Waals surface area (Å²) in [6.45, 7) is 3.94. The zero-order valence-corrected chi connectivity index (χ0v) is 13.8. The van der Waals surface area contributed by atoms with Crippen molar-refractivity contribution in [2.24, 2.45) is 0 Å². The highest BCUT2D eigenvalue weighted by Gasteiger charge is 2.22. The number of nitrogens with zero attached hydrogens (tertiary/aromatic N) is 2. The number of nitrogens with two attached hydrogens (primary N) is 1. The van der Waals surface area contributed by atoms with E-state index in [0.29, 0.717) is 19.5 Å². The molecular formula is C17H27N3O2. The lowest BCUT2D eigenvalue weighted by atomic mass is 10.1. The van der Waals surface area contributed by atoms with Gasteiger partial charge in [-0.05, 0) is 36.6 Å². The van der Waals surface area contributed by atoms with Crippen molar-refractivity contribution in [2.45, 2.75) is 38.8 Å². The summed E-state index contributed by atoms with van der Waals surface area (Å²) in [6, 6.07) is 5.86. The molecular weight excluding hydrogens is 278 g/mol. The maximum absolute atomic E-state index is 12.3. The van der Waals surface area contributed by atoms with Crippen LogP contribution in [0.4, 0.5) is 11.4 Å². The standard InChI is InChI=1S/C17H27N3O2/c1-4-17(21)20(12-15-6-5-9-22-15)11-13-10-14(18)7-8-16(13)19(2)3/h7-8,10,15H,4-6,9,11-12,18H2,1-3H3. The smallest absolute Gasteiger partial charge is 0.222 e. The van der Waals surface area contributed by atoms with Crippen molar-refractivity contribution in [3.8, 4) is 0 Å². The molecule has 0 bridgehead atoms. The van der Waals surface area contributed by atoms with Gasteiger partial charge in [-0.25, -0.2) is 0 Å². The van der Waals surface area contributed by atoms with Crippen LogP contribution in [0.25, 0.3) is 0 Å². The third-order valence-corrected chi connectivity index (χ3v) is 4.05. The van der Waals surface area contributed by atoms with Gasteiger partial charge in [0.05, 0.1) is 6.10 Å². The van der Waals surface area contributed by atoms with Gasteiger partial charge in [0, 0.05) is 51.6 Å². The molecule has 1 atom stereocenters. The van der Waals surface area contributed by atoms with Crippen molar-refractivity contribution >= 4 is 17.3 Å². The topological polar surface area (TPSA) is 58.8 Å². The summed E-state index contributed by atoms with van der Waals surface area (Å²) < 4.78 is 5.69. The van der Waals surface area contributed by atoms with Gasteiger partial charge in [-0.3, -0.25) is 4.79 Å². The van der Waals surface area contributed by atoms with Gasteiger partial charge in [0.25, 0.3) is 0 Å². The van der Waals surface area contributed by atoms with Gasteiger partial charge in [-0.15, -0.1) is 0 Å². The fourth-order valence-electron chi connectivity index (χ4n) is 2.89. The predicted molar refractivity (Wildman–Crippen MR) is 89.9 cm³/mol. The number of ether oxygens (including phenoxy) is 1. The van der Waals surface area contributed by atoms with Crippen LogP contribution in [0.5, 0.6) is 0 Å². The fourth-order valence-corrected chi connectivity index (χ4v) is 2.89. The number of amides is 1. The van der Waals surface area contributed by atoms with Gasteiger partial charge < -0.3 is 20.3 Å². The first kappa shape index (κ1) is 16.6. The van der Waals surface area contributed by atoms with E-state index in [1.54, 1.807) is 0 Å². The third kappa shape index (κ3) is 4.13. The van der Waals surface area contributed by atoms with E-state index in [9.17, 15) is 4.79 Å². The molecule has 0 spiro atoms. The van der Waals surface area contributed by atoms with Crippen LogP contribution in [-0.4, -0.2) is 44.2 Å². The molecule has 0 saturated carbocycles. The second kappa shape index (κ2) is 7.49. The molecule has 1 heterocycles. The average Bonchev–Trinajstić information content (AvgIpc) is 2.98. The van der Waals surface area contributed by atoms with E-state index < -0.39 is 0 Å². The Hall–Kier alpha value is -1.75. The second-order valence-electron chi connectivity index (χ2n) is 6.05. The highest BCUT2D eigenvalue weighted by Crippen LogP contribution is 2.24. The molecule has 2 rings (SSSR count). The Morgan fingerprint density at radius 2 is 2.18 bits per heavy atom. The minimum absolute atomic E-state index is 0.155. The fraction of sp³-hybridized carbons (Fsp3) is 0.588. The lowest BCUT2D eigenvalue weighted by molar-refractivity contribution is -0.133. The molecule has 2 N–H and O–H groups in total. The molecule has 1 fully saturated rings. The van der Waals surface area contributed by atoms with Gasteiger partial charge in [-0.2, -0.15) is 0 Å². The van der Waals surface area contributed by atoms with E-state index in [-0.39, 0.29) is 12.0 Å². The Kier molecular flexibility index (Phi) is 5.66. The first-order chi connectivity index (χ1) is 10.5. The molecule has 0 aromatic heterocycles. The van der Waals surface area contributed by atoms with Crippen LogP contribution >= 0.6 is 0 Å². The minimum atomic E-state index is 0.155. The summed E-state index contributed by atoms with van der Waals surface area (Å²) in [7, 11) is 4.00. The summed E-state index contributed by atoms with van der Waals surface area (Å²) in [4.78, 5) is 16.2. The number of carbonyl (C=O) groups excluding carboxylic acids is 1.